The fourth-order valence-electron chi connectivity index (χ4n) is 6.89. The van der Waals surface area contributed by atoms with Crippen LogP contribution in [0.5, 0.6) is 11.5 Å². The number of aliphatic hydroxyl groups excluding tert-OH is 7. The average Bonchev–Trinajstić information content (AvgIpc) is 3.21. The Morgan fingerprint density at radius 1 is 0.881 bits per heavy atom. The fourth-order valence-corrected chi connectivity index (χ4v) is 6.89. The third-order valence-electron chi connectivity index (χ3n) is 10.8. The van der Waals surface area contributed by atoms with Crippen LogP contribution in [0.3, 0.4) is 0 Å². The Morgan fingerprint density at radius 2 is 1.63 bits per heavy atom. The molecular formula is C43H66O16. The maximum absolute atomic E-state index is 13.3. The van der Waals surface area contributed by atoms with Gasteiger partial charge in [-0.1, -0.05) is 77.3 Å². The summed E-state index contributed by atoms with van der Waals surface area (Å²) in [6, 6.07) is 2.06. The Kier molecular flexibility index (Phi) is 21.5. The minimum Gasteiger partial charge on any atom is -0.508 e. The number of hydrogen-bond acceptors (Lipinski definition) is 16. The average molecular weight is 839 g/mol. The minimum absolute atomic E-state index is 0.0428. The number of benzene rings is 1. The molecule has 334 valence electrons. The van der Waals surface area contributed by atoms with Crippen molar-refractivity contribution in [1.29, 1.82) is 0 Å². The molecule has 16 heteroatoms. The first kappa shape index (κ1) is 49.9. The van der Waals surface area contributed by atoms with Gasteiger partial charge in [0.05, 0.1) is 19.3 Å². The second-order valence-electron chi connectivity index (χ2n) is 15.4. The van der Waals surface area contributed by atoms with Gasteiger partial charge in [-0.15, -0.1) is 0 Å². The molecule has 0 aliphatic carbocycles. The van der Waals surface area contributed by atoms with Crippen LogP contribution in [0.25, 0.3) is 0 Å². The van der Waals surface area contributed by atoms with Crippen LogP contribution in [0, 0.1) is 11.8 Å². The molecule has 2 saturated heterocycles. The van der Waals surface area contributed by atoms with Crippen LogP contribution in [0.4, 0.5) is 0 Å². The minimum atomic E-state index is -1.93. The van der Waals surface area contributed by atoms with Gasteiger partial charge in [-0.2, -0.15) is 0 Å². The normalized spacial score (nSPS) is 29.2. The molecule has 0 spiro atoms. The summed E-state index contributed by atoms with van der Waals surface area (Å²) >= 11 is 0. The van der Waals surface area contributed by atoms with Crippen molar-refractivity contribution in [2.75, 3.05) is 13.2 Å². The van der Waals surface area contributed by atoms with E-state index in [0.717, 1.165) is 56.7 Å². The van der Waals surface area contributed by atoms with E-state index in [1.54, 1.807) is 6.08 Å². The highest BCUT2D eigenvalue weighted by atomic mass is 16.7. The van der Waals surface area contributed by atoms with Gasteiger partial charge in [0.2, 0.25) is 0 Å². The fraction of sp³-hybridized carbons (Fsp3) is 0.674. The van der Waals surface area contributed by atoms with Gasteiger partial charge in [-0.05, 0) is 55.6 Å². The van der Waals surface area contributed by atoms with Crippen molar-refractivity contribution in [3.63, 3.8) is 0 Å². The Bertz CT molecular complexity index is 1510. The zero-order valence-corrected chi connectivity index (χ0v) is 34.5. The maximum Gasteiger partial charge on any atom is 0.331 e. The molecular weight excluding hydrogens is 772 g/mol. The summed E-state index contributed by atoms with van der Waals surface area (Å²) in [5, 5.41) is 95.9. The molecule has 0 radical (unpaired) electrons. The number of carbonyl (C=O) groups excluding carboxylic acids is 2. The molecule has 2 fully saturated rings. The number of carbonyl (C=O) groups is 2. The number of phenols is 2. The number of allylic oxidation sites excluding steroid dienone is 4. The number of aliphatic hydroxyl groups is 7. The van der Waals surface area contributed by atoms with Gasteiger partial charge in [-0.3, -0.25) is 4.79 Å². The highest BCUT2D eigenvalue weighted by Crippen LogP contribution is 2.42. The van der Waals surface area contributed by atoms with E-state index in [0.29, 0.717) is 18.8 Å². The molecule has 3 rings (SSSR count). The monoisotopic (exact) mass is 838 g/mol. The van der Waals surface area contributed by atoms with E-state index < -0.39 is 111 Å². The standard InChI is InChI=1S/C43H66O16/c1-5-7-10-18-33(49)55-24-32-36(51)37(52)38(53)43(57-32)59-40-31(23-45)56-41(35-27(22-44)20-28(46)21-30(35)48)39(54)42(40)58-34(50)19-14-9-13-17-29(47)26(4)16-12-8-11-15-25(3)6-2/h9,11,13-15,19-21,25-26,29,31-32,36-48,51-54H,5-8,10,12,16-18,22-24H2,1-4H3/b13-9+,15-11+,19-14+/t25?,26?,29?,31-,32-,36+,37+,38-,39+,40-,41?,42-,43+/m1/s1. The van der Waals surface area contributed by atoms with Crippen LogP contribution in [0.15, 0.2) is 48.6 Å². The number of hydrogen-bond donors (Lipinski definition) is 9. The molecule has 59 heavy (non-hydrogen) atoms. The van der Waals surface area contributed by atoms with E-state index in [1.165, 1.54) is 12.2 Å². The summed E-state index contributed by atoms with van der Waals surface area (Å²) in [4.78, 5) is 25.5. The lowest BCUT2D eigenvalue weighted by atomic mass is 9.88. The Hall–Kier alpha value is -3.42. The Labute approximate surface area is 346 Å². The number of rotatable bonds is 23. The third-order valence-corrected chi connectivity index (χ3v) is 10.8. The summed E-state index contributed by atoms with van der Waals surface area (Å²) < 4.78 is 28.6. The first-order valence-corrected chi connectivity index (χ1v) is 20.7. The lowest BCUT2D eigenvalue weighted by Crippen LogP contribution is -2.64. The lowest BCUT2D eigenvalue weighted by molar-refractivity contribution is -0.343. The predicted octanol–water partition coefficient (Wildman–Crippen LogP) is 2.88. The van der Waals surface area contributed by atoms with Crippen molar-refractivity contribution in [3.8, 4) is 11.5 Å². The van der Waals surface area contributed by atoms with Crippen molar-refractivity contribution >= 4 is 11.9 Å². The van der Waals surface area contributed by atoms with E-state index in [9.17, 15) is 55.5 Å². The predicted molar refractivity (Wildman–Crippen MR) is 213 cm³/mol. The maximum atomic E-state index is 13.3. The summed E-state index contributed by atoms with van der Waals surface area (Å²) in [7, 11) is 0. The Morgan fingerprint density at radius 3 is 2.31 bits per heavy atom. The van der Waals surface area contributed by atoms with Crippen LogP contribution >= 0.6 is 0 Å². The van der Waals surface area contributed by atoms with Crippen molar-refractivity contribution in [1.82, 2.24) is 0 Å². The van der Waals surface area contributed by atoms with Crippen molar-refractivity contribution in [2.24, 2.45) is 11.8 Å². The molecule has 16 nitrogen and oxygen atoms in total. The number of unbranched alkanes of at least 4 members (excludes halogenated alkanes) is 3. The van der Waals surface area contributed by atoms with E-state index in [1.807, 2.05) is 13.8 Å². The van der Waals surface area contributed by atoms with E-state index in [-0.39, 0.29) is 23.5 Å². The summed E-state index contributed by atoms with van der Waals surface area (Å²) in [5.41, 5.74) is -0.235. The van der Waals surface area contributed by atoms with Gasteiger partial charge < -0.3 is 69.6 Å². The second kappa shape index (κ2) is 25.4. The van der Waals surface area contributed by atoms with Crippen LogP contribution in [-0.4, -0.2) is 132 Å². The van der Waals surface area contributed by atoms with Gasteiger partial charge >= 0.3 is 11.9 Å². The smallest absolute Gasteiger partial charge is 0.331 e. The molecule has 2 aliphatic rings. The van der Waals surface area contributed by atoms with Crippen molar-refractivity contribution < 1.29 is 79.2 Å². The molecule has 1 aromatic rings. The zero-order valence-electron chi connectivity index (χ0n) is 34.5. The largest absolute Gasteiger partial charge is 0.508 e. The van der Waals surface area contributed by atoms with E-state index in [4.69, 9.17) is 23.7 Å². The molecule has 0 saturated carbocycles. The summed E-state index contributed by atoms with van der Waals surface area (Å²) in [6.45, 7) is 6.16. The summed E-state index contributed by atoms with van der Waals surface area (Å²) in [5.74, 6) is -1.99. The first-order chi connectivity index (χ1) is 28.2. The Balaban J connectivity index is 1.80. The summed E-state index contributed by atoms with van der Waals surface area (Å²) in [6.07, 6.45) is -1.19. The van der Waals surface area contributed by atoms with Gasteiger partial charge in [0.15, 0.2) is 12.4 Å². The van der Waals surface area contributed by atoms with E-state index >= 15 is 0 Å². The molecule has 0 amide bonds. The van der Waals surface area contributed by atoms with Gasteiger partial charge in [0, 0.05) is 24.1 Å². The molecule has 4 unspecified atom stereocenters. The second-order valence-corrected chi connectivity index (χ2v) is 15.4. The molecule has 2 aliphatic heterocycles. The van der Waals surface area contributed by atoms with Gasteiger partial charge in [0.25, 0.3) is 0 Å². The molecule has 9 N–H and O–H groups in total. The molecule has 1 aromatic carbocycles. The van der Waals surface area contributed by atoms with Crippen LogP contribution < -0.4 is 0 Å². The van der Waals surface area contributed by atoms with Crippen molar-refractivity contribution in [2.45, 2.75) is 159 Å². The van der Waals surface area contributed by atoms with Crippen molar-refractivity contribution in [3.05, 3.63) is 59.7 Å². The molecule has 0 bridgehead atoms. The topological polar surface area (TPSA) is 262 Å². The SMILES string of the molecule is CCCCCC(=O)OC[C@H]1O[C@@H](O[C@H]2[C@H](OC(=O)/C=C/C=C/CC(O)C(C)CCC/C=C/C(C)CC)[C@@H](O)C(c3c(O)cc(O)cc3CO)O[C@@H]2CO)[C@H](O)[C@@H](O)[C@H]1O. The third kappa shape index (κ3) is 14.9. The molecule has 13 atom stereocenters. The van der Waals surface area contributed by atoms with Gasteiger partial charge in [-0.25, -0.2) is 4.79 Å². The van der Waals surface area contributed by atoms with Gasteiger partial charge in [0.1, 0.15) is 66.9 Å². The number of aromatic hydroxyl groups is 2. The molecule has 0 aromatic heterocycles. The first-order valence-electron chi connectivity index (χ1n) is 20.7. The molecule has 2 heterocycles. The van der Waals surface area contributed by atoms with Crippen LogP contribution in [-0.2, 0) is 39.9 Å². The highest BCUT2D eigenvalue weighted by Gasteiger charge is 2.53. The van der Waals surface area contributed by atoms with Crippen LogP contribution in [0.1, 0.15) is 103 Å². The number of phenolic OH excluding ortho intramolecular Hbond substituents is 2. The van der Waals surface area contributed by atoms with Crippen LogP contribution in [0.2, 0.25) is 0 Å². The zero-order chi connectivity index (χ0) is 43.6. The number of esters is 2. The lowest BCUT2D eigenvalue weighted by Gasteiger charge is -2.47. The van der Waals surface area contributed by atoms with E-state index in [2.05, 4.69) is 26.0 Å². The quantitative estimate of drug-likeness (QED) is 0.0252. The highest BCUT2D eigenvalue weighted by molar-refractivity contribution is 5.82. The number of ether oxygens (including phenoxy) is 5.